The average Bonchev–Trinajstić information content (AvgIpc) is 2.85. The maximum atomic E-state index is 14.5. The summed E-state index contributed by atoms with van der Waals surface area (Å²) in [5, 5.41) is 0. The molecular weight excluding hydrogens is 395 g/mol. The van der Waals surface area contributed by atoms with Crippen molar-refractivity contribution in [1.29, 1.82) is 0 Å². The number of aromatic nitrogens is 3. The van der Waals surface area contributed by atoms with Gasteiger partial charge in [0, 0.05) is 57.1 Å². The SMILES string of the molecule is Fc1ccccc1-c1cc(N2CCOCC2)nc(N2CCN(c3ccccn3)CC2)n1. The molecule has 5 rings (SSSR count). The largest absolute Gasteiger partial charge is 0.378 e. The Morgan fingerprint density at radius 1 is 0.742 bits per heavy atom. The fourth-order valence-corrected chi connectivity index (χ4v) is 4.00. The highest BCUT2D eigenvalue weighted by atomic mass is 19.1. The van der Waals surface area contributed by atoms with E-state index in [0.29, 0.717) is 30.4 Å². The fourth-order valence-electron chi connectivity index (χ4n) is 4.00. The number of piperazine rings is 1. The molecule has 7 nitrogen and oxygen atoms in total. The number of nitrogens with zero attached hydrogens (tertiary/aromatic N) is 6. The summed E-state index contributed by atoms with van der Waals surface area (Å²) in [5.41, 5.74) is 1.10. The van der Waals surface area contributed by atoms with Crippen LogP contribution in [0.25, 0.3) is 11.3 Å². The minimum atomic E-state index is -0.278. The maximum Gasteiger partial charge on any atom is 0.228 e. The number of ether oxygens (including phenoxy) is 1. The molecule has 2 aliphatic rings. The van der Waals surface area contributed by atoms with Crippen molar-refractivity contribution < 1.29 is 9.13 Å². The van der Waals surface area contributed by atoms with Gasteiger partial charge in [0.05, 0.1) is 18.9 Å². The number of pyridine rings is 1. The monoisotopic (exact) mass is 420 g/mol. The van der Waals surface area contributed by atoms with E-state index in [1.807, 2.05) is 36.5 Å². The van der Waals surface area contributed by atoms with Crippen molar-refractivity contribution in [3.8, 4) is 11.3 Å². The molecule has 0 amide bonds. The van der Waals surface area contributed by atoms with Crippen LogP contribution >= 0.6 is 0 Å². The number of anilines is 3. The quantitative estimate of drug-likeness (QED) is 0.643. The Morgan fingerprint density at radius 2 is 1.45 bits per heavy atom. The van der Waals surface area contributed by atoms with Crippen LogP contribution < -0.4 is 14.7 Å². The Hall–Kier alpha value is -3.26. The van der Waals surface area contributed by atoms with Crippen LogP contribution in [0.15, 0.2) is 54.7 Å². The van der Waals surface area contributed by atoms with Crippen molar-refractivity contribution in [3.05, 3.63) is 60.5 Å². The molecule has 0 aliphatic carbocycles. The Labute approximate surface area is 181 Å². The van der Waals surface area contributed by atoms with E-state index in [-0.39, 0.29) is 5.82 Å². The zero-order chi connectivity index (χ0) is 21.0. The van der Waals surface area contributed by atoms with Gasteiger partial charge in [-0.1, -0.05) is 18.2 Å². The molecule has 0 atom stereocenters. The van der Waals surface area contributed by atoms with E-state index >= 15 is 0 Å². The molecule has 2 aromatic heterocycles. The second-order valence-electron chi connectivity index (χ2n) is 7.65. The summed E-state index contributed by atoms with van der Waals surface area (Å²) < 4.78 is 20.0. The molecule has 0 saturated carbocycles. The molecule has 0 spiro atoms. The van der Waals surface area contributed by atoms with Gasteiger partial charge >= 0.3 is 0 Å². The lowest BCUT2D eigenvalue weighted by atomic mass is 10.1. The van der Waals surface area contributed by atoms with E-state index in [9.17, 15) is 4.39 Å². The lowest BCUT2D eigenvalue weighted by Gasteiger charge is -2.36. The molecule has 8 heteroatoms. The van der Waals surface area contributed by atoms with Crippen LogP contribution in [-0.4, -0.2) is 67.4 Å². The summed E-state index contributed by atoms with van der Waals surface area (Å²) in [5.74, 6) is 2.17. The molecule has 0 bridgehead atoms. The standard InChI is InChI=1S/C23H25FN6O/c24-19-6-2-1-5-18(19)20-17-22(29-13-15-31-16-14-29)27-23(26-20)30-11-9-28(10-12-30)21-7-3-4-8-25-21/h1-8,17H,9-16H2. The number of benzene rings is 1. The van der Waals surface area contributed by atoms with Gasteiger partial charge in [-0.25, -0.2) is 14.4 Å². The van der Waals surface area contributed by atoms with Crippen molar-refractivity contribution in [2.75, 3.05) is 67.2 Å². The molecular formula is C23H25FN6O. The minimum absolute atomic E-state index is 0.278. The van der Waals surface area contributed by atoms with Gasteiger partial charge in [0.1, 0.15) is 17.5 Å². The van der Waals surface area contributed by atoms with Gasteiger partial charge in [0.15, 0.2) is 0 Å². The number of hydrogen-bond donors (Lipinski definition) is 0. The zero-order valence-corrected chi connectivity index (χ0v) is 17.3. The predicted octanol–water partition coefficient (Wildman–Crippen LogP) is 2.84. The van der Waals surface area contributed by atoms with Crippen LogP contribution in [0.5, 0.6) is 0 Å². The first-order chi connectivity index (χ1) is 15.3. The zero-order valence-electron chi connectivity index (χ0n) is 17.3. The lowest BCUT2D eigenvalue weighted by Crippen LogP contribution is -2.47. The Kier molecular flexibility index (Phi) is 5.62. The summed E-state index contributed by atoms with van der Waals surface area (Å²) in [6.07, 6.45) is 1.82. The molecule has 0 N–H and O–H groups in total. The third-order valence-corrected chi connectivity index (χ3v) is 5.72. The molecule has 2 aliphatic heterocycles. The Morgan fingerprint density at radius 3 is 2.19 bits per heavy atom. The van der Waals surface area contributed by atoms with Gasteiger partial charge in [-0.2, -0.15) is 4.98 Å². The van der Waals surface area contributed by atoms with Crippen molar-refractivity contribution in [2.24, 2.45) is 0 Å². The molecule has 160 valence electrons. The second-order valence-corrected chi connectivity index (χ2v) is 7.65. The lowest BCUT2D eigenvalue weighted by molar-refractivity contribution is 0.122. The smallest absolute Gasteiger partial charge is 0.228 e. The van der Waals surface area contributed by atoms with Crippen molar-refractivity contribution >= 4 is 17.6 Å². The molecule has 1 aromatic carbocycles. The van der Waals surface area contributed by atoms with Crippen LogP contribution in [0, 0.1) is 5.82 Å². The molecule has 2 saturated heterocycles. The van der Waals surface area contributed by atoms with E-state index in [4.69, 9.17) is 14.7 Å². The first-order valence-corrected chi connectivity index (χ1v) is 10.7. The van der Waals surface area contributed by atoms with Gasteiger partial charge in [-0.3, -0.25) is 0 Å². The van der Waals surface area contributed by atoms with E-state index in [1.165, 1.54) is 6.07 Å². The predicted molar refractivity (Wildman–Crippen MR) is 119 cm³/mol. The minimum Gasteiger partial charge on any atom is -0.378 e. The van der Waals surface area contributed by atoms with Crippen molar-refractivity contribution in [3.63, 3.8) is 0 Å². The van der Waals surface area contributed by atoms with Crippen LogP contribution in [0.4, 0.5) is 22.0 Å². The van der Waals surface area contributed by atoms with E-state index in [1.54, 1.807) is 12.1 Å². The Bertz CT molecular complexity index is 1020. The topological polar surface area (TPSA) is 57.6 Å². The number of hydrogen-bond acceptors (Lipinski definition) is 7. The normalized spacial score (nSPS) is 17.1. The van der Waals surface area contributed by atoms with Gasteiger partial charge in [-0.15, -0.1) is 0 Å². The van der Waals surface area contributed by atoms with E-state index < -0.39 is 0 Å². The van der Waals surface area contributed by atoms with Gasteiger partial charge < -0.3 is 19.4 Å². The molecule has 0 radical (unpaired) electrons. The fraction of sp³-hybridized carbons (Fsp3) is 0.348. The molecule has 3 aromatic rings. The van der Waals surface area contributed by atoms with E-state index in [2.05, 4.69) is 19.7 Å². The summed E-state index contributed by atoms with van der Waals surface area (Å²) >= 11 is 0. The summed E-state index contributed by atoms with van der Waals surface area (Å²) in [6, 6.07) is 14.6. The summed E-state index contributed by atoms with van der Waals surface area (Å²) in [4.78, 5) is 20.7. The van der Waals surface area contributed by atoms with Gasteiger partial charge in [-0.05, 0) is 24.3 Å². The second kappa shape index (κ2) is 8.85. The Balaban J connectivity index is 1.43. The van der Waals surface area contributed by atoms with Crippen molar-refractivity contribution in [2.45, 2.75) is 0 Å². The van der Waals surface area contributed by atoms with Crippen molar-refractivity contribution in [1.82, 2.24) is 15.0 Å². The summed E-state index contributed by atoms with van der Waals surface area (Å²) in [6.45, 7) is 6.07. The van der Waals surface area contributed by atoms with Crippen LogP contribution in [0.2, 0.25) is 0 Å². The van der Waals surface area contributed by atoms with Gasteiger partial charge in [0.25, 0.3) is 0 Å². The summed E-state index contributed by atoms with van der Waals surface area (Å²) in [7, 11) is 0. The highest BCUT2D eigenvalue weighted by Gasteiger charge is 2.23. The third kappa shape index (κ3) is 4.29. The number of rotatable bonds is 4. The van der Waals surface area contributed by atoms with Gasteiger partial charge in [0.2, 0.25) is 5.95 Å². The number of halogens is 1. The van der Waals surface area contributed by atoms with E-state index in [0.717, 1.165) is 50.9 Å². The van der Waals surface area contributed by atoms with Crippen LogP contribution in [0.1, 0.15) is 0 Å². The molecule has 2 fully saturated rings. The highest BCUT2D eigenvalue weighted by molar-refractivity contribution is 5.66. The molecule has 31 heavy (non-hydrogen) atoms. The first kappa shape index (κ1) is 19.7. The number of morpholine rings is 1. The average molecular weight is 420 g/mol. The van der Waals surface area contributed by atoms with Crippen LogP contribution in [0.3, 0.4) is 0 Å². The van der Waals surface area contributed by atoms with Crippen LogP contribution in [-0.2, 0) is 4.74 Å². The molecule has 4 heterocycles. The third-order valence-electron chi connectivity index (χ3n) is 5.72. The molecule has 0 unspecified atom stereocenters. The first-order valence-electron chi connectivity index (χ1n) is 10.7. The highest BCUT2D eigenvalue weighted by Crippen LogP contribution is 2.28. The maximum absolute atomic E-state index is 14.5.